The third-order valence-electron chi connectivity index (χ3n) is 2.51. The predicted molar refractivity (Wildman–Crippen MR) is 71.9 cm³/mol. The van der Waals surface area contributed by atoms with E-state index in [1.54, 1.807) is 0 Å². The Balaban J connectivity index is 2.80. The Kier molecular flexibility index (Phi) is 5.40. The highest BCUT2D eigenvalue weighted by atomic mass is 35.5. The van der Waals surface area contributed by atoms with E-state index in [2.05, 4.69) is 4.72 Å². The van der Waals surface area contributed by atoms with Crippen LogP contribution in [0.1, 0.15) is 13.3 Å². The van der Waals surface area contributed by atoms with Gasteiger partial charge in [0, 0.05) is 18.2 Å². The third-order valence-corrected chi connectivity index (χ3v) is 4.24. The minimum Gasteiger partial charge on any atom is -0.398 e. The summed E-state index contributed by atoms with van der Waals surface area (Å²) in [5, 5.41) is 9.13. The van der Waals surface area contributed by atoms with Crippen molar-refractivity contribution >= 4 is 27.3 Å². The van der Waals surface area contributed by atoms with Gasteiger partial charge in [-0.15, -0.1) is 0 Å². The van der Waals surface area contributed by atoms with Crippen LogP contribution in [0.4, 0.5) is 5.69 Å². The van der Waals surface area contributed by atoms with E-state index in [9.17, 15) is 8.42 Å². The summed E-state index contributed by atoms with van der Waals surface area (Å²) in [5.74, 6) is 0.0540. The van der Waals surface area contributed by atoms with Crippen molar-refractivity contribution in [3.8, 4) is 0 Å². The molecular weight excluding hydrogens is 276 g/mol. The van der Waals surface area contributed by atoms with E-state index in [0.717, 1.165) is 0 Å². The molecule has 1 unspecified atom stereocenters. The van der Waals surface area contributed by atoms with Crippen molar-refractivity contribution in [3.05, 3.63) is 23.2 Å². The summed E-state index contributed by atoms with van der Waals surface area (Å²) in [6.45, 7) is 2.14. The molecule has 5 nitrogen and oxygen atoms in total. The number of hydrogen-bond donors (Lipinski definition) is 3. The molecule has 0 bridgehead atoms. The van der Waals surface area contributed by atoms with Gasteiger partial charge in [-0.05, 0) is 30.5 Å². The number of anilines is 1. The molecular formula is C11H17ClN2O3S. The molecule has 1 rings (SSSR count). The number of nitrogen functional groups attached to an aromatic ring is 1. The molecule has 0 fully saturated rings. The molecule has 0 aliphatic rings. The second kappa shape index (κ2) is 6.38. The van der Waals surface area contributed by atoms with Crippen LogP contribution in [0.2, 0.25) is 5.02 Å². The van der Waals surface area contributed by atoms with Crippen molar-refractivity contribution in [3.63, 3.8) is 0 Å². The van der Waals surface area contributed by atoms with Crippen LogP contribution in [0.15, 0.2) is 23.1 Å². The maximum absolute atomic E-state index is 12.0. The highest BCUT2D eigenvalue weighted by Crippen LogP contribution is 2.22. The predicted octanol–water partition coefficient (Wildman–Crippen LogP) is 1.22. The van der Waals surface area contributed by atoms with E-state index in [0.29, 0.717) is 11.4 Å². The summed E-state index contributed by atoms with van der Waals surface area (Å²) in [5.41, 5.74) is 5.74. The standard InChI is InChI=1S/C11H17ClN2O3S/c1-8(4-5-15)7-14-18(16,17)11-3-2-9(12)6-10(11)13/h2-3,6,8,14-15H,4-5,7,13H2,1H3. The van der Waals surface area contributed by atoms with Gasteiger partial charge >= 0.3 is 0 Å². The van der Waals surface area contributed by atoms with E-state index < -0.39 is 10.0 Å². The number of benzene rings is 1. The molecule has 0 heterocycles. The molecule has 0 saturated heterocycles. The second-order valence-corrected chi connectivity index (χ2v) is 6.32. The summed E-state index contributed by atoms with van der Waals surface area (Å²) < 4.78 is 26.4. The van der Waals surface area contributed by atoms with Crippen LogP contribution in [0.25, 0.3) is 0 Å². The average Bonchev–Trinajstić information content (AvgIpc) is 2.26. The van der Waals surface area contributed by atoms with Gasteiger partial charge in [0.2, 0.25) is 10.0 Å². The van der Waals surface area contributed by atoms with Crippen LogP contribution in [-0.2, 0) is 10.0 Å². The molecule has 0 saturated carbocycles. The first kappa shape index (κ1) is 15.2. The zero-order chi connectivity index (χ0) is 13.8. The molecule has 1 aromatic rings. The molecule has 0 amide bonds. The first-order chi connectivity index (χ1) is 8.36. The largest absolute Gasteiger partial charge is 0.398 e. The zero-order valence-electron chi connectivity index (χ0n) is 10.1. The Morgan fingerprint density at radius 3 is 2.72 bits per heavy atom. The van der Waals surface area contributed by atoms with Crippen LogP contribution in [0.5, 0.6) is 0 Å². The van der Waals surface area contributed by atoms with Crippen LogP contribution in [-0.4, -0.2) is 26.7 Å². The fourth-order valence-electron chi connectivity index (χ4n) is 1.42. The zero-order valence-corrected chi connectivity index (χ0v) is 11.6. The highest BCUT2D eigenvalue weighted by Gasteiger charge is 2.18. The van der Waals surface area contributed by atoms with E-state index in [4.69, 9.17) is 22.4 Å². The van der Waals surface area contributed by atoms with E-state index >= 15 is 0 Å². The number of aliphatic hydroxyl groups excluding tert-OH is 1. The van der Waals surface area contributed by atoms with Crippen LogP contribution >= 0.6 is 11.6 Å². The first-order valence-corrected chi connectivity index (χ1v) is 7.38. The smallest absolute Gasteiger partial charge is 0.242 e. The fourth-order valence-corrected chi connectivity index (χ4v) is 2.87. The maximum Gasteiger partial charge on any atom is 0.242 e. The minimum absolute atomic E-state index is 0.0168. The molecule has 0 spiro atoms. The van der Waals surface area contributed by atoms with Gasteiger partial charge in [-0.1, -0.05) is 18.5 Å². The van der Waals surface area contributed by atoms with E-state index in [1.807, 2.05) is 6.92 Å². The van der Waals surface area contributed by atoms with Crippen molar-refractivity contribution in [1.82, 2.24) is 4.72 Å². The Labute approximate surface area is 112 Å². The summed E-state index contributed by atoms with van der Waals surface area (Å²) >= 11 is 5.71. The molecule has 1 atom stereocenters. The molecule has 102 valence electrons. The number of halogens is 1. The number of hydrogen-bond acceptors (Lipinski definition) is 4. The van der Waals surface area contributed by atoms with Gasteiger partial charge in [0.05, 0.1) is 5.69 Å². The Morgan fingerprint density at radius 2 is 2.17 bits per heavy atom. The van der Waals surface area contributed by atoms with Gasteiger partial charge in [0.15, 0.2) is 0 Å². The Bertz CT molecular complexity index is 505. The normalized spacial score (nSPS) is 13.5. The first-order valence-electron chi connectivity index (χ1n) is 5.52. The van der Waals surface area contributed by atoms with Crippen molar-refractivity contribution < 1.29 is 13.5 Å². The lowest BCUT2D eigenvalue weighted by atomic mass is 10.1. The van der Waals surface area contributed by atoms with Gasteiger partial charge < -0.3 is 10.8 Å². The molecule has 0 radical (unpaired) electrons. The minimum atomic E-state index is -3.64. The van der Waals surface area contributed by atoms with Crippen molar-refractivity contribution in [2.24, 2.45) is 5.92 Å². The van der Waals surface area contributed by atoms with Crippen LogP contribution in [0, 0.1) is 5.92 Å². The Morgan fingerprint density at radius 1 is 1.50 bits per heavy atom. The maximum atomic E-state index is 12.0. The number of sulfonamides is 1. The molecule has 0 aliphatic carbocycles. The van der Waals surface area contributed by atoms with Crippen LogP contribution in [0.3, 0.4) is 0 Å². The van der Waals surface area contributed by atoms with E-state index in [1.165, 1.54) is 18.2 Å². The lowest BCUT2D eigenvalue weighted by Crippen LogP contribution is -2.29. The molecule has 0 aliphatic heterocycles. The Hall–Kier alpha value is -0.820. The number of nitrogens with two attached hydrogens (primary N) is 1. The van der Waals surface area contributed by atoms with E-state index in [-0.39, 0.29) is 29.7 Å². The fraction of sp³-hybridized carbons (Fsp3) is 0.455. The second-order valence-electron chi connectivity index (χ2n) is 4.15. The summed E-state index contributed by atoms with van der Waals surface area (Å²) in [6.07, 6.45) is 0.540. The molecule has 18 heavy (non-hydrogen) atoms. The topological polar surface area (TPSA) is 92.4 Å². The summed E-state index contributed by atoms with van der Waals surface area (Å²) in [4.78, 5) is 0.0168. The molecule has 4 N–H and O–H groups in total. The van der Waals surface area contributed by atoms with Gasteiger partial charge in [0.25, 0.3) is 0 Å². The highest BCUT2D eigenvalue weighted by molar-refractivity contribution is 7.89. The van der Waals surface area contributed by atoms with Gasteiger partial charge in [0.1, 0.15) is 4.90 Å². The van der Waals surface area contributed by atoms with Gasteiger partial charge in [-0.3, -0.25) is 0 Å². The molecule has 7 heteroatoms. The van der Waals surface area contributed by atoms with Gasteiger partial charge in [-0.25, -0.2) is 13.1 Å². The molecule has 0 aromatic heterocycles. The monoisotopic (exact) mass is 292 g/mol. The molecule has 1 aromatic carbocycles. The summed E-state index contributed by atoms with van der Waals surface area (Å²) in [7, 11) is -3.64. The third kappa shape index (κ3) is 4.13. The van der Waals surface area contributed by atoms with Crippen molar-refractivity contribution in [2.75, 3.05) is 18.9 Å². The number of aliphatic hydroxyl groups is 1. The van der Waals surface area contributed by atoms with Gasteiger partial charge in [-0.2, -0.15) is 0 Å². The lowest BCUT2D eigenvalue weighted by Gasteiger charge is -2.13. The average molecular weight is 293 g/mol. The van der Waals surface area contributed by atoms with Crippen molar-refractivity contribution in [2.45, 2.75) is 18.2 Å². The summed E-state index contributed by atoms with van der Waals surface area (Å²) in [6, 6.07) is 4.24. The van der Waals surface area contributed by atoms with Crippen LogP contribution < -0.4 is 10.5 Å². The number of nitrogens with one attached hydrogen (secondary N) is 1. The SMILES string of the molecule is CC(CCO)CNS(=O)(=O)c1ccc(Cl)cc1N. The number of rotatable bonds is 6. The van der Waals surface area contributed by atoms with Crippen molar-refractivity contribution in [1.29, 1.82) is 0 Å². The quantitative estimate of drug-likeness (QED) is 0.687. The lowest BCUT2D eigenvalue weighted by molar-refractivity contribution is 0.263.